The summed E-state index contributed by atoms with van der Waals surface area (Å²) < 4.78 is 5.53. The lowest BCUT2D eigenvalue weighted by atomic mass is 9.76. The Kier molecular flexibility index (Phi) is 3.91. The minimum Gasteiger partial charge on any atom is -0.379 e. The highest BCUT2D eigenvalue weighted by Crippen LogP contribution is 2.33. The molecular weight excluding hydrogens is 198 g/mol. The van der Waals surface area contributed by atoms with Crippen LogP contribution >= 0.6 is 0 Å². The molecule has 2 fully saturated rings. The van der Waals surface area contributed by atoms with E-state index in [-0.39, 0.29) is 5.54 Å². The van der Waals surface area contributed by atoms with Crippen molar-refractivity contribution in [2.45, 2.75) is 64.5 Å². The molecule has 2 rings (SSSR count). The lowest BCUT2D eigenvalue weighted by Gasteiger charge is -2.39. The van der Waals surface area contributed by atoms with Gasteiger partial charge in [-0.1, -0.05) is 20.3 Å². The molecule has 1 saturated carbocycles. The Balaban J connectivity index is 1.92. The molecule has 1 saturated heterocycles. The van der Waals surface area contributed by atoms with Crippen molar-refractivity contribution in [1.29, 1.82) is 0 Å². The van der Waals surface area contributed by atoms with Gasteiger partial charge in [0, 0.05) is 18.2 Å². The van der Waals surface area contributed by atoms with Crippen molar-refractivity contribution in [3.63, 3.8) is 0 Å². The molecule has 2 heteroatoms. The van der Waals surface area contributed by atoms with E-state index < -0.39 is 0 Å². The predicted octanol–water partition coefficient (Wildman–Crippen LogP) is 2.97. The number of ether oxygens (including phenoxy) is 1. The Labute approximate surface area is 100 Å². The molecule has 0 amide bonds. The monoisotopic (exact) mass is 225 g/mol. The molecule has 0 bridgehead atoms. The molecule has 0 aromatic carbocycles. The molecule has 1 N–H and O–H groups in total. The molecule has 0 aromatic heterocycles. The molecule has 4 atom stereocenters. The van der Waals surface area contributed by atoms with Crippen LogP contribution in [0.25, 0.3) is 0 Å². The molecule has 0 spiro atoms. The Morgan fingerprint density at radius 3 is 2.81 bits per heavy atom. The van der Waals surface area contributed by atoms with Gasteiger partial charge in [0.15, 0.2) is 0 Å². The van der Waals surface area contributed by atoms with E-state index in [1.54, 1.807) is 0 Å². The van der Waals surface area contributed by atoms with Crippen LogP contribution in [0.5, 0.6) is 0 Å². The van der Waals surface area contributed by atoms with Crippen LogP contribution in [0.3, 0.4) is 0 Å². The van der Waals surface area contributed by atoms with Gasteiger partial charge in [-0.05, 0) is 44.4 Å². The summed E-state index contributed by atoms with van der Waals surface area (Å²) in [6.45, 7) is 8.90. The fourth-order valence-electron chi connectivity index (χ4n) is 3.37. The highest BCUT2D eigenvalue weighted by molar-refractivity contribution is 4.93. The minimum atomic E-state index is 0.249. The van der Waals surface area contributed by atoms with E-state index in [1.165, 1.54) is 32.1 Å². The van der Waals surface area contributed by atoms with Crippen LogP contribution < -0.4 is 5.32 Å². The second-order valence-corrected chi connectivity index (χ2v) is 6.20. The van der Waals surface area contributed by atoms with Gasteiger partial charge in [0.25, 0.3) is 0 Å². The van der Waals surface area contributed by atoms with Gasteiger partial charge >= 0.3 is 0 Å². The minimum absolute atomic E-state index is 0.249. The van der Waals surface area contributed by atoms with Crippen LogP contribution in [0, 0.1) is 11.8 Å². The topological polar surface area (TPSA) is 21.3 Å². The van der Waals surface area contributed by atoms with Gasteiger partial charge in [0.2, 0.25) is 0 Å². The van der Waals surface area contributed by atoms with Crippen LogP contribution in [-0.2, 0) is 4.74 Å². The predicted molar refractivity (Wildman–Crippen MR) is 67.6 cm³/mol. The van der Waals surface area contributed by atoms with Crippen molar-refractivity contribution < 1.29 is 4.74 Å². The lowest BCUT2D eigenvalue weighted by molar-refractivity contribution is 0.137. The van der Waals surface area contributed by atoms with E-state index in [4.69, 9.17) is 4.74 Å². The molecule has 2 aliphatic rings. The zero-order valence-electron chi connectivity index (χ0n) is 11.1. The van der Waals surface area contributed by atoms with Crippen LogP contribution in [0.1, 0.15) is 52.9 Å². The maximum atomic E-state index is 5.53. The fraction of sp³-hybridized carbons (Fsp3) is 1.00. The molecule has 0 aromatic rings. The summed E-state index contributed by atoms with van der Waals surface area (Å²) >= 11 is 0. The maximum Gasteiger partial charge on any atom is 0.0646 e. The summed E-state index contributed by atoms with van der Waals surface area (Å²) in [6, 6.07) is 0.730. The summed E-state index contributed by atoms with van der Waals surface area (Å²) in [5.74, 6) is 1.80. The molecule has 1 aliphatic carbocycles. The number of nitrogens with one attached hydrogen (secondary N) is 1. The Hall–Kier alpha value is -0.0800. The zero-order chi connectivity index (χ0) is 11.6. The first-order valence-corrected chi connectivity index (χ1v) is 6.98. The third-order valence-electron chi connectivity index (χ3n) is 4.52. The summed E-state index contributed by atoms with van der Waals surface area (Å²) in [5.41, 5.74) is 0.249. The normalized spacial score (nSPS) is 44.8. The van der Waals surface area contributed by atoms with Gasteiger partial charge in [0.05, 0.1) is 6.61 Å². The van der Waals surface area contributed by atoms with Gasteiger partial charge in [-0.2, -0.15) is 0 Å². The summed E-state index contributed by atoms with van der Waals surface area (Å²) in [7, 11) is 0. The van der Waals surface area contributed by atoms with Crippen molar-refractivity contribution in [2.24, 2.45) is 11.8 Å². The van der Waals surface area contributed by atoms with E-state index in [2.05, 4.69) is 26.1 Å². The Morgan fingerprint density at radius 2 is 2.19 bits per heavy atom. The van der Waals surface area contributed by atoms with Crippen molar-refractivity contribution >= 4 is 0 Å². The number of hydrogen-bond donors (Lipinski definition) is 1. The van der Waals surface area contributed by atoms with Crippen molar-refractivity contribution in [3.05, 3.63) is 0 Å². The first-order valence-electron chi connectivity index (χ1n) is 6.98. The quantitative estimate of drug-likeness (QED) is 0.797. The van der Waals surface area contributed by atoms with E-state index in [0.717, 1.165) is 31.1 Å². The van der Waals surface area contributed by atoms with Gasteiger partial charge < -0.3 is 10.1 Å². The van der Waals surface area contributed by atoms with Crippen molar-refractivity contribution in [2.75, 3.05) is 13.2 Å². The fourth-order valence-corrected chi connectivity index (χ4v) is 3.37. The van der Waals surface area contributed by atoms with Gasteiger partial charge in [-0.15, -0.1) is 0 Å². The van der Waals surface area contributed by atoms with Crippen LogP contribution in [0.2, 0.25) is 0 Å². The van der Waals surface area contributed by atoms with Gasteiger partial charge in [-0.3, -0.25) is 0 Å². The third kappa shape index (κ3) is 2.78. The highest BCUT2D eigenvalue weighted by atomic mass is 16.5. The summed E-state index contributed by atoms with van der Waals surface area (Å²) in [6.07, 6.45) is 6.65. The van der Waals surface area contributed by atoms with Crippen LogP contribution in [-0.4, -0.2) is 24.8 Å². The van der Waals surface area contributed by atoms with E-state index in [9.17, 15) is 0 Å². The van der Waals surface area contributed by atoms with Crippen LogP contribution in [0.15, 0.2) is 0 Å². The number of hydrogen-bond acceptors (Lipinski definition) is 2. The van der Waals surface area contributed by atoms with E-state index in [0.29, 0.717) is 0 Å². The molecule has 4 unspecified atom stereocenters. The number of rotatable bonds is 3. The van der Waals surface area contributed by atoms with Crippen LogP contribution in [0.4, 0.5) is 0 Å². The molecule has 1 heterocycles. The average Bonchev–Trinajstić information content (AvgIpc) is 2.68. The molecular formula is C14H27NO. The first kappa shape index (κ1) is 12.4. The Bertz CT molecular complexity index is 223. The zero-order valence-corrected chi connectivity index (χ0v) is 11.1. The SMILES string of the molecule is CCC1CC(C)CCC1NC1(C)CCOC1. The van der Waals surface area contributed by atoms with Crippen molar-refractivity contribution in [3.8, 4) is 0 Å². The van der Waals surface area contributed by atoms with Crippen molar-refractivity contribution in [1.82, 2.24) is 5.32 Å². The maximum absolute atomic E-state index is 5.53. The molecule has 2 nitrogen and oxygen atoms in total. The third-order valence-corrected chi connectivity index (χ3v) is 4.52. The first-order chi connectivity index (χ1) is 7.63. The molecule has 94 valence electrons. The largest absolute Gasteiger partial charge is 0.379 e. The van der Waals surface area contributed by atoms with E-state index in [1.807, 2.05) is 0 Å². The van der Waals surface area contributed by atoms with E-state index >= 15 is 0 Å². The second kappa shape index (κ2) is 5.05. The average molecular weight is 225 g/mol. The lowest BCUT2D eigenvalue weighted by Crippen LogP contribution is -2.52. The molecule has 0 radical (unpaired) electrons. The molecule has 1 aliphatic heterocycles. The highest BCUT2D eigenvalue weighted by Gasteiger charge is 2.35. The standard InChI is InChI=1S/C14H27NO/c1-4-12-9-11(2)5-6-13(12)15-14(3)7-8-16-10-14/h11-13,15H,4-10H2,1-3H3. The summed E-state index contributed by atoms with van der Waals surface area (Å²) in [4.78, 5) is 0. The smallest absolute Gasteiger partial charge is 0.0646 e. The van der Waals surface area contributed by atoms with Gasteiger partial charge in [0.1, 0.15) is 0 Å². The molecule has 16 heavy (non-hydrogen) atoms. The Morgan fingerprint density at radius 1 is 1.38 bits per heavy atom. The summed E-state index contributed by atoms with van der Waals surface area (Å²) in [5, 5.41) is 3.89. The van der Waals surface area contributed by atoms with Gasteiger partial charge in [-0.25, -0.2) is 0 Å². The second-order valence-electron chi connectivity index (χ2n) is 6.20.